The molecule has 0 aromatic heterocycles. The van der Waals surface area contributed by atoms with Crippen molar-refractivity contribution in [2.75, 3.05) is 0 Å². The molecule has 1 aromatic rings. The quantitative estimate of drug-likeness (QED) is 0.453. The van der Waals surface area contributed by atoms with Gasteiger partial charge in [-0.25, -0.2) is 0 Å². The predicted molar refractivity (Wildman–Crippen MR) is 38.7 cm³/mol. The Bertz CT molecular complexity index is 287. The minimum absolute atomic E-state index is 0.420. The molecule has 1 saturated heterocycles. The van der Waals surface area contributed by atoms with Crippen LogP contribution in [0.5, 0.6) is 5.75 Å². The minimum Gasteiger partial charge on any atom is -0.444 e. The summed E-state index contributed by atoms with van der Waals surface area (Å²) in [5.74, 6) is 0.981. The van der Waals surface area contributed by atoms with Gasteiger partial charge in [0.15, 0.2) is 0 Å². The largest absolute Gasteiger partial charge is 0.444 e. The van der Waals surface area contributed by atoms with E-state index in [1.807, 2.05) is 18.2 Å². The topological polar surface area (TPSA) is 21.8 Å². The van der Waals surface area contributed by atoms with Crippen LogP contribution in [0.15, 0.2) is 29.2 Å². The molecule has 2 aliphatic heterocycles. The van der Waals surface area contributed by atoms with Gasteiger partial charge in [-0.05, 0) is 23.3 Å². The van der Waals surface area contributed by atoms with E-state index in [0.717, 1.165) is 11.4 Å². The number of rotatable bonds is 0. The standard InChI is InChI=1S/C7H5O2S/c1-2-4-6-5(3-1)8-7-9-10(6)7/h1-4,10H. The van der Waals surface area contributed by atoms with Gasteiger partial charge in [0.25, 0.3) is 0 Å². The Kier molecular flexibility index (Phi) is 0.752. The number of hydrogen-bond donors (Lipinski definition) is 1. The van der Waals surface area contributed by atoms with Crippen LogP contribution in [0.3, 0.4) is 0 Å². The Morgan fingerprint density at radius 2 is 2.10 bits per heavy atom. The lowest BCUT2D eigenvalue weighted by molar-refractivity contribution is 0.270. The molecule has 1 aromatic carbocycles. The molecule has 2 nitrogen and oxygen atoms in total. The summed E-state index contributed by atoms with van der Waals surface area (Å²) in [5.41, 5.74) is 0.830. The summed E-state index contributed by atoms with van der Waals surface area (Å²) in [6, 6.07) is 8.01. The third-order valence-corrected chi connectivity index (χ3v) is 3.09. The maximum Gasteiger partial charge on any atom is 0.357 e. The lowest BCUT2D eigenvalue weighted by Crippen LogP contribution is -1.83. The van der Waals surface area contributed by atoms with Gasteiger partial charge in [-0.3, -0.25) is 4.18 Å². The highest BCUT2D eigenvalue weighted by Crippen LogP contribution is 2.71. The summed E-state index contributed by atoms with van der Waals surface area (Å²) < 4.78 is 10.4. The van der Waals surface area contributed by atoms with Gasteiger partial charge >= 0.3 is 5.62 Å². The number of thiol groups is 1. The number of hydrogen-bond acceptors (Lipinski definition) is 2. The second kappa shape index (κ2) is 1.49. The molecule has 3 rings (SSSR count). The van der Waals surface area contributed by atoms with E-state index in [-0.39, 0.29) is 0 Å². The van der Waals surface area contributed by atoms with Crippen LogP contribution in [0.2, 0.25) is 0 Å². The molecule has 0 N–H and O–H groups in total. The Morgan fingerprint density at radius 1 is 1.20 bits per heavy atom. The zero-order valence-electron chi connectivity index (χ0n) is 5.07. The summed E-state index contributed by atoms with van der Waals surface area (Å²) in [6.45, 7) is 0. The highest BCUT2D eigenvalue weighted by molar-refractivity contribution is 8.20. The van der Waals surface area contributed by atoms with Gasteiger partial charge in [0.2, 0.25) is 0 Å². The van der Waals surface area contributed by atoms with Gasteiger partial charge in [0.05, 0.1) is 4.90 Å². The minimum atomic E-state index is -0.420. The van der Waals surface area contributed by atoms with Crippen LogP contribution >= 0.6 is 11.2 Å². The highest BCUT2D eigenvalue weighted by atomic mass is 32.2. The van der Waals surface area contributed by atoms with E-state index >= 15 is 0 Å². The average Bonchev–Trinajstić information content (AvgIpc) is 2.64. The first-order valence-electron chi connectivity index (χ1n) is 3.07. The van der Waals surface area contributed by atoms with Crippen LogP contribution in [0.25, 0.3) is 0 Å². The molecule has 10 heavy (non-hydrogen) atoms. The monoisotopic (exact) mass is 153 g/mol. The zero-order valence-corrected chi connectivity index (χ0v) is 5.97. The molecule has 2 heterocycles. The van der Waals surface area contributed by atoms with Gasteiger partial charge in [0.1, 0.15) is 5.75 Å². The van der Waals surface area contributed by atoms with Gasteiger partial charge in [-0.1, -0.05) is 12.1 Å². The van der Waals surface area contributed by atoms with Crippen molar-refractivity contribution >= 4 is 11.2 Å². The molecule has 0 amide bonds. The Balaban J connectivity index is 2.22. The van der Waals surface area contributed by atoms with Crippen molar-refractivity contribution in [1.82, 2.24) is 0 Å². The first-order chi connectivity index (χ1) is 4.95. The summed E-state index contributed by atoms with van der Waals surface area (Å²) in [7, 11) is 0. The average molecular weight is 153 g/mol. The first-order valence-corrected chi connectivity index (χ1v) is 4.33. The fraction of sp³-hybridized carbons (Fsp3) is 0. The Hall–Kier alpha value is -0.670. The second-order valence-electron chi connectivity index (χ2n) is 2.22. The lowest BCUT2D eigenvalue weighted by atomic mass is 10.3. The molecule has 0 spiro atoms. The fourth-order valence-corrected chi connectivity index (χ4v) is 2.36. The number of fused-ring (bicyclic) bond motifs is 3. The molecule has 1 atom stereocenters. The number of benzene rings is 1. The van der Waals surface area contributed by atoms with Gasteiger partial charge in [-0.15, -0.1) is 0 Å². The fourth-order valence-electron chi connectivity index (χ4n) is 1.07. The number of ether oxygens (including phenoxy) is 1. The van der Waals surface area contributed by atoms with Crippen LogP contribution in [0.4, 0.5) is 0 Å². The van der Waals surface area contributed by atoms with Gasteiger partial charge in [0, 0.05) is 0 Å². The van der Waals surface area contributed by atoms with Crippen molar-refractivity contribution in [2.24, 2.45) is 0 Å². The van der Waals surface area contributed by atoms with Crippen LogP contribution in [-0.4, -0.2) is 0 Å². The van der Waals surface area contributed by atoms with E-state index in [2.05, 4.69) is 6.07 Å². The summed E-state index contributed by atoms with van der Waals surface area (Å²) in [4.78, 5) is 1.23. The summed E-state index contributed by atoms with van der Waals surface area (Å²) >= 11 is -0.420. The van der Waals surface area contributed by atoms with Crippen molar-refractivity contribution < 1.29 is 8.92 Å². The zero-order chi connectivity index (χ0) is 6.55. The van der Waals surface area contributed by atoms with Crippen molar-refractivity contribution in [2.45, 2.75) is 4.90 Å². The third-order valence-electron chi connectivity index (χ3n) is 1.58. The molecule has 1 radical (unpaired) electrons. The van der Waals surface area contributed by atoms with Crippen LogP contribution in [0.1, 0.15) is 0 Å². The number of para-hydroxylation sites is 1. The van der Waals surface area contributed by atoms with Crippen molar-refractivity contribution in [3.63, 3.8) is 0 Å². The molecule has 1 unspecified atom stereocenters. The van der Waals surface area contributed by atoms with E-state index in [1.54, 1.807) is 0 Å². The molecular formula is C7H5O2S. The van der Waals surface area contributed by atoms with E-state index in [9.17, 15) is 0 Å². The molecule has 1 fully saturated rings. The van der Waals surface area contributed by atoms with Crippen LogP contribution in [0, 0.1) is 5.62 Å². The maximum absolute atomic E-state index is 5.30. The highest BCUT2D eigenvalue weighted by Gasteiger charge is 2.49. The smallest absolute Gasteiger partial charge is 0.357 e. The predicted octanol–water partition coefficient (Wildman–Crippen LogP) is 1.83. The first kappa shape index (κ1) is 5.04. The lowest BCUT2D eigenvalue weighted by Gasteiger charge is -1.98. The SMILES string of the molecule is c1ccc2c(c1)O[C]1O[SH]12. The molecule has 3 heteroatoms. The van der Waals surface area contributed by atoms with Gasteiger partial charge < -0.3 is 4.74 Å². The molecular weight excluding hydrogens is 148 g/mol. The molecule has 0 saturated carbocycles. The maximum atomic E-state index is 5.30. The van der Waals surface area contributed by atoms with E-state index < -0.39 is 11.2 Å². The Labute approximate surface area is 61.3 Å². The summed E-state index contributed by atoms with van der Waals surface area (Å²) in [6.07, 6.45) is 0. The van der Waals surface area contributed by atoms with Crippen LogP contribution < -0.4 is 4.74 Å². The van der Waals surface area contributed by atoms with E-state index in [0.29, 0.717) is 0 Å². The van der Waals surface area contributed by atoms with Crippen molar-refractivity contribution in [1.29, 1.82) is 0 Å². The molecule has 2 aliphatic rings. The normalized spacial score (nSPS) is 30.6. The molecule has 0 bridgehead atoms. The second-order valence-corrected chi connectivity index (χ2v) is 3.84. The third kappa shape index (κ3) is 0.496. The van der Waals surface area contributed by atoms with Crippen molar-refractivity contribution in [3.8, 4) is 5.75 Å². The Morgan fingerprint density at radius 3 is 3.00 bits per heavy atom. The van der Waals surface area contributed by atoms with Crippen molar-refractivity contribution in [3.05, 3.63) is 29.9 Å². The molecule has 51 valence electrons. The van der Waals surface area contributed by atoms with Crippen LogP contribution in [-0.2, 0) is 4.18 Å². The van der Waals surface area contributed by atoms with E-state index in [1.165, 1.54) is 4.90 Å². The van der Waals surface area contributed by atoms with Gasteiger partial charge in [-0.2, -0.15) is 0 Å². The van der Waals surface area contributed by atoms with E-state index in [4.69, 9.17) is 8.92 Å². The summed E-state index contributed by atoms with van der Waals surface area (Å²) in [5, 5.41) is 0. The molecule has 0 aliphatic carbocycles.